The van der Waals surface area contributed by atoms with Crippen LogP contribution in [0.25, 0.3) is 0 Å². The number of hydrogen-bond donors (Lipinski definition) is 1. The van der Waals surface area contributed by atoms with Crippen molar-refractivity contribution < 1.29 is 14.3 Å². The first-order valence-electron chi connectivity index (χ1n) is 4.17. The first-order valence-corrected chi connectivity index (χ1v) is 5.29. The minimum Gasteiger partial charge on any atom is -0.392 e. The molecule has 1 rings (SSSR count). The summed E-state index contributed by atoms with van der Waals surface area (Å²) < 4.78 is 13.3. The van der Waals surface area contributed by atoms with E-state index in [0.29, 0.717) is 10.9 Å². The maximum Gasteiger partial charge on any atom is 0.166 e. The molecule has 0 radical (unpaired) electrons. The molecule has 0 saturated heterocycles. The van der Waals surface area contributed by atoms with E-state index < -0.39 is 5.82 Å². The minimum absolute atomic E-state index is 0.0849. The first kappa shape index (κ1) is 11.3. The molecule has 14 heavy (non-hydrogen) atoms. The van der Waals surface area contributed by atoms with Crippen molar-refractivity contribution in [1.82, 2.24) is 0 Å². The third-order valence-corrected chi connectivity index (χ3v) is 2.23. The summed E-state index contributed by atoms with van der Waals surface area (Å²) in [5.74, 6) is -0.800. The molecule has 0 bridgehead atoms. The van der Waals surface area contributed by atoms with Gasteiger partial charge in [-0.2, -0.15) is 0 Å². The van der Waals surface area contributed by atoms with Crippen LogP contribution in [0, 0.1) is 5.82 Å². The molecule has 0 amide bonds. The van der Waals surface area contributed by atoms with E-state index >= 15 is 0 Å². The summed E-state index contributed by atoms with van der Waals surface area (Å²) in [5.41, 5.74) is 0.555. The molecule has 1 N–H and O–H groups in total. The van der Waals surface area contributed by atoms with Crippen molar-refractivity contribution in [2.45, 2.75) is 13.0 Å². The van der Waals surface area contributed by atoms with E-state index in [9.17, 15) is 9.18 Å². The zero-order valence-electron chi connectivity index (χ0n) is 7.46. The molecular weight excluding hydrogens is 251 g/mol. The van der Waals surface area contributed by atoms with Gasteiger partial charge in [-0.3, -0.25) is 4.79 Å². The second-order valence-corrected chi connectivity index (χ2v) is 3.63. The Morgan fingerprint density at radius 3 is 2.71 bits per heavy atom. The summed E-state index contributed by atoms with van der Waals surface area (Å²) in [6.07, 6.45) is 0.273. The van der Waals surface area contributed by atoms with Crippen LogP contribution < -0.4 is 0 Å². The maximum absolute atomic E-state index is 13.3. The lowest BCUT2D eigenvalue weighted by Crippen LogP contribution is -2.03. The normalized spacial score (nSPS) is 10.2. The summed E-state index contributed by atoms with van der Waals surface area (Å²) >= 11 is 3.12. The number of carbonyl (C=O) groups is 1. The highest BCUT2D eigenvalue weighted by molar-refractivity contribution is 9.09. The molecule has 0 fully saturated rings. The highest BCUT2D eigenvalue weighted by Gasteiger charge is 2.10. The van der Waals surface area contributed by atoms with Crippen LogP contribution in [0.1, 0.15) is 22.3 Å². The van der Waals surface area contributed by atoms with Gasteiger partial charge in [-0.05, 0) is 17.7 Å². The van der Waals surface area contributed by atoms with Crippen molar-refractivity contribution in [2.24, 2.45) is 0 Å². The van der Waals surface area contributed by atoms with Gasteiger partial charge in [0.2, 0.25) is 0 Å². The molecule has 0 aliphatic heterocycles. The second kappa shape index (κ2) is 5.22. The van der Waals surface area contributed by atoms with E-state index in [-0.39, 0.29) is 24.4 Å². The van der Waals surface area contributed by atoms with Gasteiger partial charge in [-0.25, -0.2) is 4.39 Å². The van der Waals surface area contributed by atoms with Crippen LogP contribution in [0.4, 0.5) is 4.39 Å². The lowest BCUT2D eigenvalue weighted by molar-refractivity contribution is 0.0986. The summed E-state index contributed by atoms with van der Waals surface area (Å²) in [6, 6.07) is 4.14. The smallest absolute Gasteiger partial charge is 0.166 e. The van der Waals surface area contributed by atoms with Crippen molar-refractivity contribution in [3.8, 4) is 0 Å². The summed E-state index contributed by atoms with van der Waals surface area (Å²) in [5, 5.41) is 9.26. The fourth-order valence-corrected chi connectivity index (χ4v) is 1.46. The molecular formula is C10H10BrFO2. The zero-order valence-corrected chi connectivity index (χ0v) is 9.05. The molecule has 2 nitrogen and oxygen atoms in total. The average molecular weight is 261 g/mol. The summed E-state index contributed by atoms with van der Waals surface area (Å²) in [4.78, 5) is 11.3. The van der Waals surface area contributed by atoms with Crippen molar-refractivity contribution in [3.63, 3.8) is 0 Å². The maximum atomic E-state index is 13.3. The Hall–Kier alpha value is -0.740. The van der Waals surface area contributed by atoms with Crippen molar-refractivity contribution in [2.75, 3.05) is 5.33 Å². The molecule has 0 unspecified atom stereocenters. The predicted molar refractivity (Wildman–Crippen MR) is 55.1 cm³/mol. The van der Waals surface area contributed by atoms with Gasteiger partial charge in [-0.15, -0.1) is 0 Å². The van der Waals surface area contributed by atoms with Crippen LogP contribution in [0.3, 0.4) is 0 Å². The fraction of sp³-hybridized carbons (Fsp3) is 0.300. The Morgan fingerprint density at radius 2 is 2.21 bits per heavy atom. The SMILES string of the molecule is O=C(CCBr)c1ccc(CO)cc1F. The van der Waals surface area contributed by atoms with Gasteiger partial charge in [0, 0.05) is 11.8 Å². The van der Waals surface area contributed by atoms with Gasteiger partial charge in [-0.1, -0.05) is 22.0 Å². The van der Waals surface area contributed by atoms with Crippen LogP contribution in [-0.4, -0.2) is 16.2 Å². The van der Waals surface area contributed by atoms with Crippen LogP contribution >= 0.6 is 15.9 Å². The number of ketones is 1. The van der Waals surface area contributed by atoms with Gasteiger partial charge in [0.05, 0.1) is 12.2 Å². The van der Waals surface area contributed by atoms with E-state index in [2.05, 4.69) is 15.9 Å². The third-order valence-electron chi connectivity index (χ3n) is 1.84. The largest absolute Gasteiger partial charge is 0.392 e. The quantitative estimate of drug-likeness (QED) is 0.667. The summed E-state index contributed by atoms with van der Waals surface area (Å²) in [7, 11) is 0. The van der Waals surface area contributed by atoms with E-state index in [1.807, 2.05) is 0 Å². The van der Waals surface area contributed by atoms with E-state index in [0.717, 1.165) is 0 Å². The van der Waals surface area contributed by atoms with Crippen LogP contribution in [0.2, 0.25) is 0 Å². The van der Waals surface area contributed by atoms with Gasteiger partial charge in [0.25, 0.3) is 0 Å². The Labute approximate surface area is 89.9 Å². The highest BCUT2D eigenvalue weighted by atomic mass is 79.9. The van der Waals surface area contributed by atoms with Crippen LogP contribution in [0.5, 0.6) is 0 Å². The Morgan fingerprint density at radius 1 is 1.50 bits per heavy atom. The van der Waals surface area contributed by atoms with Crippen LogP contribution in [0.15, 0.2) is 18.2 Å². The molecule has 1 aromatic rings. The van der Waals surface area contributed by atoms with Gasteiger partial charge in [0.1, 0.15) is 5.82 Å². The lowest BCUT2D eigenvalue weighted by Gasteiger charge is -2.02. The number of aliphatic hydroxyl groups excluding tert-OH is 1. The molecule has 0 atom stereocenters. The molecule has 0 heterocycles. The number of alkyl halides is 1. The first-order chi connectivity index (χ1) is 6.69. The topological polar surface area (TPSA) is 37.3 Å². The molecule has 0 aromatic heterocycles. The second-order valence-electron chi connectivity index (χ2n) is 2.83. The lowest BCUT2D eigenvalue weighted by atomic mass is 10.1. The highest BCUT2D eigenvalue weighted by Crippen LogP contribution is 2.13. The number of Topliss-reactive ketones (excluding diaryl/α,β-unsaturated/α-hetero) is 1. The monoisotopic (exact) mass is 260 g/mol. The average Bonchev–Trinajstić information content (AvgIpc) is 2.17. The van der Waals surface area contributed by atoms with Crippen molar-refractivity contribution in [1.29, 1.82) is 0 Å². The molecule has 0 spiro atoms. The molecule has 1 aromatic carbocycles. The summed E-state index contributed by atoms with van der Waals surface area (Å²) in [6.45, 7) is -0.218. The Kier molecular flexibility index (Phi) is 4.22. The molecule has 76 valence electrons. The number of halogens is 2. The minimum atomic E-state index is -0.567. The number of aliphatic hydroxyl groups is 1. The van der Waals surface area contributed by atoms with E-state index in [1.54, 1.807) is 6.07 Å². The van der Waals surface area contributed by atoms with E-state index in [1.165, 1.54) is 12.1 Å². The Bertz CT molecular complexity index is 339. The van der Waals surface area contributed by atoms with Crippen LogP contribution in [-0.2, 0) is 6.61 Å². The van der Waals surface area contributed by atoms with Gasteiger partial charge >= 0.3 is 0 Å². The molecule has 0 aliphatic rings. The third kappa shape index (κ3) is 2.62. The number of rotatable bonds is 4. The predicted octanol–water partition coefficient (Wildman–Crippen LogP) is 2.29. The van der Waals surface area contributed by atoms with E-state index in [4.69, 9.17) is 5.11 Å². The number of carbonyl (C=O) groups excluding carboxylic acids is 1. The fourth-order valence-electron chi connectivity index (χ4n) is 1.10. The molecule has 4 heteroatoms. The molecule has 0 saturated carbocycles. The zero-order chi connectivity index (χ0) is 10.6. The number of hydrogen-bond acceptors (Lipinski definition) is 2. The molecule has 0 aliphatic carbocycles. The van der Waals surface area contributed by atoms with Gasteiger partial charge in [0.15, 0.2) is 5.78 Å². The Balaban J connectivity index is 2.94. The van der Waals surface area contributed by atoms with Crippen molar-refractivity contribution >= 4 is 21.7 Å². The number of benzene rings is 1. The standard InChI is InChI=1S/C10H10BrFO2/c11-4-3-10(14)8-2-1-7(6-13)5-9(8)12/h1-2,5,13H,3-4,6H2. The van der Waals surface area contributed by atoms with Crippen molar-refractivity contribution in [3.05, 3.63) is 35.1 Å². The van der Waals surface area contributed by atoms with Gasteiger partial charge < -0.3 is 5.11 Å².